The fraction of sp³-hybridized carbons (Fsp3) is 0.714. The zero-order chi connectivity index (χ0) is 20.9. The number of likely N-dealkylation sites (tertiary alicyclic amines) is 2. The van der Waals surface area contributed by atoms with E-state index in [0.717, 1.165) is 19.6 Å². The first-order chi connectivity index (χ1) is 14.5. The zero-order valence-corrected chi connectivity index (χ0v) is 17.6. The predicted molar refractivity (Wildman–Crippen MR) is 106 cm³/mol. The maximum Gasteiger partial charge on any atom is 0.246 e. The van der Waals surface area contributed by atoms with E-state index in [1.807, 2.05) is 17.1 Å². The molecule has 0 aliphatic carbocycles. The molecule has 9 heteroatoms. The summed E-state index contributed by atoms with van der Waals surface area (Å²) < 4.78 is 11.4. The van der Waals surface area contributed by atoms with Crippen LogP contribution in [-0.2, 0) is 20.9 Å². The minimum absolute atomic E-state index is 0.0410. The van der Waals surface area contributed by atoms with Crippen LogP contribution in [0.15, 0.2) is 16.7 Å². The summed E-state index contributed by atoms with van der Waals surface area (Å²) in [6.45, 7) is 6.29. The van der Waals surface area contributed by atoms with E-state index in [9.17, 15) is 9.59 Å². The number of hydrogen-bond donors (Lipinski definition) is 0. The lowest BCUT2D eigenvalue weighted by molar-refractivity contribution is -0.143. The fourth-order valence-electron chi connectivity index (χ4n) is 5.43. The van der Waals surface area contributed by atoms with Gasteiger partial charge >= 0.3 is 0 Å². The Morgan fingerprint density at radius 1 is 1.30 bits per heavy atom. The third kappa shape index (κ3) is 3.24. The Morgan fingerprint density at radius 3 is 2.83 bits per heavy atom. The van der Waals surface area contributed by atoms with Gasteiger partial charge in [-0.25, -0.2) is 0 Å². The average Bonchev–Trinajstić information content (AvgIpc) is 3.48. The highest BCUT2D eigenvalue weighted by Gasteiger charge is 2.67. The second kappa shape index (κ2) is 7.46. The van der Waals surface area contributed by atoms with Crippen molar-refractivity contribution < 1.29 is 18.8 Å². The summed E-state index contributed by atoms with van der Waals surface area (Å²) in [5.74, 6) is -0.104. The SMILES string of the molecule is Cc1noc(CN(C)C(=O)[C@H]2[C@@H]3C=C[C@@]4(CN(CCN5CCCCC5)C(=O)[C@H]24)O3)n1. The first kappa shape index (κ1) is 19.7. The van der Waals surface area contributed by atoms with Gasteiger partial charge in [0.05, 0.1) is 31.0 Å². The molecule has 5 heterocycles. The maximum atomic E-state index is 13.3. The highest BCUT2D eigenvalue weighted by molar-refractivity contribution is 5.93. The van der Waals surface area contributed by atoms with Gasteiger partial charge in [0.2, 0.25) is 17.7 Å². The van der Waals surface area contributed by atoms with Crippen LogP contribution < -0.4 is 0 Å². The molecular weight excluding hydrogens is 386 g/mol. The van der Waals surface area contributed by atoms with E-state index in [1.54, 1.807) is 18.9 Å². The molecule has 4 aliphatic heterocycles. The van der Waals surface area contributed by atoms with Gasteiger partial charge in [0.1, 0.15) is 5.60 Å². The Bertz CT molecular complexity index is 863. The topological polar surface area (TPSA) is 92.0 Å². The summed E-state index contributed by atoms with van der Waals surface area (Å²) >= 11 is 0. The monoisotopic (exact) mass is 415 g/mol. The van der Waals surface area contributed by atoms with Crippen LogP contribution in [0.5, 0.6) is 0 Å². The summed E-state index contributed by atoms with van der Waals surface area (Å²) in [5, 5.41) is 3.77. The molecule has 1 aromatic rings. The van der Waals surface area contributed by atoms with Gasteiger partial charge in [-0.15, -0.1) is 0 Å². The number of carbonyl (C=O) groups is 2. The van der Waals surface area contributed by atoms with Crippen LogP contribution in [0.1, 0.15) is 31.0 Å². The van der Waals surface area contributed by atoms with Gasteiger partial charge in [-0.2, -0.15) is 4.98 Å². The molecule has 1 spiro atoms. The van der Waals surface area contributed by atoms with Crippen molar-refractivity contribution in [2.45, 2.75) is 44.4 Å². The van der Waals surface area contributed by atoms with Crippen LogP contribution in [0.2, 0.25) is 0 Å². The smallest absolute Gasteiger partial charge is 0.246 e. The molecule has 2 amide bonds. The minimum atomic E-state index is -0.661. The van der Waals surface area contributed by atoms with Crippen molar-refractivity contribution in [1.82, 2.24) is 24.8 Å². The van der Waals surface area contributed by atoms with Crippen molar-refractivity contribution in [2.24, 2.45) is 11.8 Å². The number of piperidine rings is 1. The molecule has 3 saturated heterocycles. The average molecular weight is 415 g/mol. The van der Waals surface area contributed by atoms with Gasteiger partial charge < -0.3 is 24.0 Å². The van der Waals surface area contributed by atoms with Gasteiger partial charge in [0.15, 0.2) is 5.82 Å². The highest BCUT2D eigenvalue weighted by Crippen LogP contribution is 2.52. The minimum Gasteiger partial charge on any atom is -0.360 e. The number of aryl methyl sites for hydroxylation is 1. The van der Waals surface area contributed by atoms with Crippen molar-refractivity contribution in [3.63, 3.8) is 0 Å². The van der Waals surface area contributed by atoms with E-state index in [-0.39, 0.29) is 24.5 Å². The van der Waals surface area contributed by atoms with E-state index < -0.39 is 17.4 Å². The van der Waals surface area contributed by atoms with Crippen LogP contribution in [0.4, 0.5) is 0 Å². The Morgan fingerprint density at radius 2 is 2.10 bits per heavy atom. The molecule has 3 fully saturated rings. The molecular formula is C21H29N5O4. The van der Waals surface area contributed by atoms with Crippen molar-refractivity contribution in [3.05, 3.63) is 23.9 Å². The van der Waals surface area contributed by atoms with Crippen LogP contribution in [0, 0.1) is 18.8 Å². The van der Waals surface area contributed by atoms with Gasteiger partial charge in [-0.3, -0.25) is 9.59 Å². The lowest BCUT2D eigenvalue weighted by atomic mass is 9.76. The zero-order valence-electron chi connectivity index (χ0n) is 17.6. The summed E-state index contributed by atoms with van der Waals surface area (Å²) in [6, 6.07) is 0. The Hall–Kier alpha value is -2.26. The number of aromatic nitrogens is 2. The van der Waals surface area contributed by atoms with E-state index >= 15 is 0 Å². The van der Waals surface area contributed by atoms with Crippen molar-refractivity contribution in [2.75, 3.05) is 39.8 Å². The van der Waals surface area contributed by atoms with Crippen molar-refractivity contribution >= 4 is 11.8 Å². The molecule has 2 bridgehead atoms. The lowest BCUT2D eigenvalue weighted by Gasteiger charge is -2.29. The third-order valence-corrected chi connectivity index (χ3v) is 6.92. The number of hydrogen-bond acceptors (Lipinski definition) is 7. The van der Waals surface area contributed by atoms with Crippen molar-refractivity contribution in [3.8, 4) is 0 Å². The van der Waals surface area contributed by atoms with Gasteiger partial charge in [-0.1, -0.05) is 23.7 Å². The quantitative estimate of drug-likeness (QED) is 0.629. The standard InChI is InChI=1S/C21H29N5O4/c1-14-22-16(30-23-14)12-24(2)19(27)17-15-6-7-21(29-15)13-26(20(28)18(17)21)11-10-25-8-4-3-5-9-25/h6-7,15,17-18H,3-5,8-13H2,1-2H3/t15-,17-,18-,21-/m0/s1. The fourth-order valence-corrected chi connectivity index (χ4v) is 5.43. The van der Waals surface area contributed by atoms with E-state index in [0.29, 0.717) is 24.8 Å². The number of amides is 2. The molecule has 162 valence electrons. The molecule has 0 radical (unpaired) electrons. The molecule has 4 aliphatic rings. The first-order valence-electron chi connectivity index (χ1n) is 10.9. The summed E-state index contributed by atoms with van der Waals surface area (Å²) in [6.07, 6.45) is 7.37. The van der Waals surface area contributed by atoms with E-state index in [2.05, 4.69) is 15.0 Å². The number of nitrogens with zero attached hydrogens (tertiary/aromatic N) is 5. The molecule has 0 saturated carbocycles. The van der Waals surface area contributed by atoms with Gasteiger partial charge in [0.25, 0.3) is 0 Å². The normalized spacial score (nSPS) is 32.8. The number of rotatable bonds is 6. The van der Waals surface area contributed by atoms with Crippen molar-refractivity contribution in [1.29, 1.82) is 0 Å². The predicted octanol–water partition coefficient (Wildman–Crippen LogP) is 0.604. The molecule has 9 nitrogen and oxygen atoms in total. The molecule has 1 aromatic heterocycles. The molecule has 30 heavy (non-hydrogen) atoms. The van der Waals surface area contributed by atoms with E-state index in [4.69, 9.17) is 9.26 Å². The van der Waals surface area contributed by atoms with Gasteiger partial charge in [0, 0.05) is 20.1 Å². The second-order valence-electron chi connectivity index (χ2n) is 8.99. The number of fused-ring (bicyclic) bond motifs is 1. The third-order valence-electron chi connectivity index (χ3n) is 6.92. The Labute approximate surface area is 176 Å². The second-order valence-corrected chi connectivity index (χ2v) is 8.99. The molecule has 0 aromatic carbocycles. The molecule has 5 rings (SSSR count). The molecule has 0 unspecified atom stereocenters. The Kier molecular flexibility index (Phi) is 4.89. The largest absolute Gasteiger partial charge is 0.360 e. The maximum absolute atomic E-state index is 13.3. The van der Waals surface area contributed by atoms with Gasteiger partial charge in [-0.05, 0) is 32.9 Å². The summed E-state index contributed by atoms with van der Waals surface area (Å²) in [5.41, 5.74) is -0.661. The van der Waals surface area contributed by atoms with Crippen LogP contribution in [0.25, 0.3) is 0 Å². The number of ether oxygens (including phenoxy) is 1. The molecule has 4 atom stereocenters. The summed E-state index contributed by atoms with van der Waals surface area (Å²) in [7, 11) is 1.71. The van der Waals surface area contributed by atoms with Crippen LogP contribution >= 0.6 is 0 Å². The van der Waals surface area contributed by atoms with Crippen LogP contribution in [-0.4, -0.2) is 88.1 Å². The first-order valence-corrected chi connectivity index (χ1v) is 10.9. The number of carbonyl (C=O) groups excluding carboxylic acids is 2. The Balaban J connectivity index is 1.27. The summed E-state index contributed by atoms with van der Waals surface area (Å²) in [4.78, 5) is 36.7. The van der Waals surface area contributed by atoms with E-state index in [1.165, 1.54) is 19.3 Å². The molecule has 0 N–H and O–H groups in total. The highest BCUT2D eigenvalue weighted by atomic mass is 16.5. The van der Waals surface area contributed by atoms with Crippen LogP contribution in [0.3, 0.4) is 0 Å². The lowest BCUT2D eigenvalue weighted by Crippen LogP contribution is -2.45.